The number of carbonyl (C=O) groups excluding carboxylic acids is 1. The van der Waals surface area contributed by atoms with E-state index in [-0.39, 0.29) is 12.0 Å². The van der Waals surface area contributed by atoms with Gasteiger partial charge in [0.15, 0.2) is 0 Å². The number of β-amino-alcohol motifs (C(OH)–C–C–N with tert-alkyl or cyclic N) is 1. The van der Waals surface area contributed by atoms with Gasteiger partial charge in [0.25, 0.3) is 5.91 Å². The molecule has 0 bridgehead atoms. The molecule has 1 aliphatic rings. The summed E-state index contributed by atoms with van der Waals surface area (Å²) in [4.78, 5) is 13.8. The lowest BCUT2D eigenvalue weighted by Gasteiger charge is -2.14. The number of hydrogen-bond donors (Lipinski definition) is 1. The number of likely N-dealkylation sites (tertiary alicyclic amines) is 1. The lowest BCUT2D eigenvalue weighted by molar-refractivity contribution is 0.0754. The summed E-state index contributed by atoms with van der Waals surface area (Å²) in [7, 11) is 1.78. The van der Waals surface area contributed by atoms with Crippen molar-refractivity contribution in [2.45, 2.75) is 25.9 Å². The van der Waals surface area contributed by atoms with Crippen LogP contribution in [-0.4, -0.2) is 44.9 Å². The van der Waals surface area contributed by atoms with Gasteiger partial charge in [0.05, 0.1) is 11.8 Å². The van der Waals surface area contributed by atoms with E-state index >= 15 is 0 Å². The number of aryl methyl sites for hydroxylation is 2. The monoisotopic (exact) mass is 223 g/mol. The van der Waals surface area contributed by atoms with Gasteiger partial charge in [0.2, 0.25) is 0 Å². The minimum Gasteiger partial charge on any atom is -0.391 e. The molecule has 0 aromatic carbocycles. The molecular weight excluding hydrogens is 206 g/mol. The highest BCUT2D eigenvalue weighted by atomic mass is 16.3. The van der Waals surface area contributed by atoms with Gasteiger partial charge in [-0.1, -0.05) is 6.92 Å². The van der Waals surface area contributed by atoms with Crippen LogP contribution in [0.5, 0.6) is 0 Å². The van der Waals surface area contributed by atoms with Crippen LogP contribution in [0.1, 0.15) is 29.5 Å². The van der Waals surface area contributed by atoms with Crippen molar-refractivity contribution in [1.82, 2.24) is 14.7 Å². The third-order valence-corrected chi connectivity index (χ3v) is 2.96. The molecule has 5 nitrogen and oxygen atoms in total. The smallest absolute Gasteiger partial charge is 0.272 e. The van der Waals surface area contributed by atoms with Gasteiger partial charge in [-0.3, -0.25) is 9.48 Å². The van der Waals surface area contributed by atoms with E-state index in [0.29, 0.717) is 25.2 Å². The van der Waals surface area contributed by atoms with Crippen molar-refractivity contribution < 1.29 is 9.90 Å². The van der Waals surface area contributed by atoms with Crippen LogP contribution >= 0.6 is 0 Å². The Kier molecular flexibility index (Phi) is 2.96. The summed E-state index contributed by atoms with van der Waals surface area (Å²) in [6.45, 7) is 3.08. The molecule has 1 aliphatic heterocycles. The Morgan fingerprint density at radius 3 is 2.94 bits per heavy atom. The topological polar surface area (TPSA) is 58.4 Å². The third kappa shape index (κ3) is 1.95. The molecule has 0 unspecified atom stereocenters. The van der Waals surface area contributed by atoms with Gasteiger partial charge in [0, 0.05) is 20.1 Å². The van der Waals surface area contributed by atoms with Crippen LogP contribution in [0.3, 0.4) is 0 Å². The largest absolute Gasteiger partial charge is 0.391 e. The molecule has 0 aliphatic carbocycles. The highest BCUT2D eigenvalue weighted by molar-refractivity contribution is 5.92. The Morgan fingerprint density at radius 2 is 2.44 bits per heavy atom. The molecule has 1 amide bonds. The molecule has 0 radical (unpaired) electrons. The number of amides is 1. The van der Waals surface area contributed by atoms with Gasteiger partial charge in [-0.25, -0.2) is 0 Å². The first-order valence-corrected chi connectivity index (χ1v) is 5.62. The minimum absolute atomic E-state index is 0.0359. The lowest BCUT2D eigenvalue weighted by Crippen LogP contribution is -2.31. The maximum Gasteiger partial charge on any atom is 0.272 e. The van der Waals surface area contributed by atoms with E-state index in [0.717, 1.165) is 12.1 Å². The molecule has 0 spiro atoms. The zero-order valence-electron chi connectivity index (χ0n) is 9.68. The van der Waals surface area contributed by atoms with Crippen LogP contribution in [-0.2, 0) is 13.5 Å². The third-order valence-electron chi connectivity index (χ3n) is 2.96. The van der Waals surface area contributed by atoms with Crippen LogP contribution < -0.4 is 0 Å². The molecule has 16 heavy (non-hydrogen) atoms. The zero-order chi connectivity index (χ0) is 11.7. The van der Waals surface area contributed by atoms with Crippen molar-refractivity contribution in [1.29, 1.82) is 0 Å². The Morgan fingerprint density at radius 1 is 1.69 bits per heavy atom. The molecule has 1 aromatic rings. The number of aromatic nitrogens is 2. The van der Waals surface area contributed by atoms with E-state index in [1.165, 1.54) is 0 Å². The number of hydrogen-bond acceptors (Lipinski definition) is 3. The molecule has 2 heterocycles. The van der Waals surface area contributed by atoms with Gasteiger partial charge < -0.3 is 10.0 Å². The number of carbonyl (C=O) groups is 1. The van der Waals surface area contributed by atoms with E-state index in [1.807, 2.05) is 13.0 Å². The summed E-state index contributed by atoms with van der Waals surface area (Å²) in [5.74, 6) is -0.0359. The van der Waals surface area contributed by atoms with E-state index in [9.17, 15) is 9.90 Å². The van der Waals surface area contributed by atoms with E-state index in [1.54, 1.807) is 16.6 Å². The Labute approximate surface area is 94.7 Å². The van der Waals surface area contributed by atoms with E-state index in [2.05, 4.69) is 5.10 Å². The van der Waals surface area contributed by atoms with Crippen molar-refractivity contribution in [3.63, 3.8) is 0 Å². The van der Waals surface area contributed by atoms with Crippen LogP contribution in [0.4, 0.5) is 0 Å². The van der Waals surface area contributed by atoms with Crippen molar-refractivity contribution in [2.24, 2.45) is 7.05 Å². The van der Waals surface area contributed by atoms with Crippen LogP contribution in [0.2, 0.25) is 0 Å². The summed E-state index contributed by atoms with van der Waals surface area (Å²) < 4.78 is 1.62. The first kappa shape index (κ1) is 11.1. The fourth-order valence-corrected chi connectivity index (χ4v) is 1.99. The van der Waals surface area contributed by atoms with Crippen molar-refractivity contribution in [3.8, 4) is 0 Å². The average Bonchev–Trinajstić information content (AvgIpc) is 2.83. The normalized spacial score (nSPS) is 20.4. The number of aliphatic hydroxyl groups is 1. The Bertz CT molecular complexity index is 400. The average molecular weight is 223 g/mol. The first-order chi connectivity index (χ1) is 7.61. The summed E-state index contributed by atoms with van der Waals surface area (Å²) >= 11 is 0. The summed E-state index contributed by atoms with van der Waals surface area (Å²) in [5, 5.41) is 13.6. The molecule has 2 rings (SSSR count). The fourth-order valence-electron chi connectivity index (χ4n) is 1.99. The fraction of sp³-hybridized carbons (Fsp3) is 0.636. The predicted molar refractivity (Wildman–Crippen MR) is 59.1 cm³/mol. The number of aliphatic hydroxyl groups excluding tert-OH is 1. The standard InChI is InChI=1S/C11H17N3O2/c1-3-8-6-10(13(2)12-8)11(16)14-5-4-9(15)7-14/h6,9,15H,3-5,7H2,1-2H3/t9-/m1/s1. The SMILES string of the molecule is CCc1cc(C(=O)N2CC[C@@H](O)C2)n(C)n1. The van der Waals surface area contributed by atoms with Crippen molar-refractivity contribution >= 4 is 5.91 Å². The minimum atomic E-state index is -0.372. The van der Waals surface area contributed by atoms with Gasteiger partial charge >= 0.3 is 0 Å². The Balaban J connectivity index is 2.17. The summed E-state index contributed by atoms with van der Waals surface area (Å²) in [6.07, 6.45) is 1.12. The second-order valence-electron chi connectivity index (χ2n) is 4.19. The number of nitrogens with zero attached hydrogens (tertiary/aromatic N) is 3. The van der Waals surface area contributed by atoms with Gasteiger partial charge in [-0.15, -0.1) is 0 Å². The molecular formula is C11H17N3O2. The van der Waals surface area contributed by atoms with Crippen molar-refractivity contribution in [3.05, 3.63) is 17.5 Å². The first-order valence-electron chi connectivity index (χ1n) is 5.62. The van der Waals surface area contributed by atoms with E-state index < -0.39 is 0 Å². The van der Waals surface area contributed by atoms with Crippen LogP contribution in [0.25, 0.3) is 0 Å². The maximum absolute atomic E-state index is 12.1. The highest BCUT2D eigenvalue weighted by Crippen LogP contribution is 2.14. The molecule has 1 N–H and O–H groups in total. The highest BCUT2D eigenvalue weighted by Gasteiger charge is 2.27. The van der Waals surface area contributed by atoms with Gasteiger partial charge in [-0.2, -0.15) is 5.10 Å². The molecule has 5 heteroatoms. The quantitative estimate of drug-likeness (QED) is 0.778. The van der Waals surface area contributed by atoms with Crippen LogP contribution in [0.15, 0.2) is 6.07 Å². The molecule has 1 saturated heterocycles. The van der Waals surface area contributed by atoms with Crippen LogP contribution in [0, 0.1) is 0 Å². The summed E-state index contributed by atoms with van der Waals surface area (Å²) in [6, 6.07) is 1.83. The number of rotatable bonds is 2. The molecule has 1 aromatic heterocycles. The lowest BCUT2D eigenvalue weighted by atomic mass is 10.3. The van der Waals surface area contributed by atoms with Gasteiger partial charge in [0.1, 0.15) is 5.69 Å². The second kappa shape index (κ2) is 4.25. The second-order valence-corrected chi connectivity index (χ2v) is 4.19. The molecule has 88 valence electrons. The van der Waals surface area contributed by atoms with Crippen molar-refractivity contribution in [2.75, 3.05) is 13.1 Å². The Hall–Kier alpha value is -1.36. The van der Waals surface area contributed by atoms with E-state index in [4.69, 9.17) is 0 Å². The molecule has 0 saturated carbocycles. The molecule has 1 atom stereocenters. The zero-order valence-corrected chi connectivity index (χ0v) is 9.68. The van der Waals surface area contributed by atoms with Gasteiger partial charge in [-0.05, 0) is 18.9 Å². The molecule has 1 fully saturated rings. The maximum atomic E-state index is 12.1. The predicted octanol–water partition coefficient (Wildman–Crippen LogP) is 0.189. The summed E-state index contributed by atoms with van der Waals surface area (Å²) in [5.41, 5.74) is 1.52.